The maximum atomic E-state index is 13.2. The molecule has 0 unspecified atom stereocenters. The molecule has 1 heterocycles. The van der Waals surface area contributed by atoms with Crippen molar-refractivity contribution in [3.8, 4) is 0 Å². The van der Waals surface area contributed by atoms with Gasteiger partial charge in [-0.2, -0.15) is 4.31 Å². The standard InChI is InChI=1S/C12H17FN2O2S/c1-9-3-4-11(13)7-12(9)18(16,17)15-6-5-14-10(2)8-15/h3-4,7,10,14H,5-6,8H2,1-2H3/t10-/m1/s1. The summed E-state index contributed by atoms with van der Waals surface area (Å²) in [5.74, 6) is -0.526. The lowest BCUT2D eigenvalue weighted by molar-refractivity contribution is 0.310. The van der Waals surface area contributed by atoms with Gasteiger partial charge in [0.1, 0.15) is 5.82 Å². The van der Waals surface area contributed by atoms with Gasteiger partial charge in [-0.1, -0.05) is 6.07 Å². The minimum atomic E-state index is -3.59. The molecule has 0 bridgehead atoms. The van der Waals surface area contributed by atoms with Crippen LogP contribution in [0.15, 0.2) is 23.1 Å². The van der Waals surface area contributed by atoms with Crippen molar-refractivity contribution in [3.05, 3.63) is 29.6 Å². The molecule has 0 spiro atoms. The van der Waals surface area contributed by atoms with Crippen molar-refractivity contribution in [3.63, 3.8) is 0 Å². The topological polar surface area (TPSA) is 49.4 Å². The second-order valence-corrected chi connectivity index (χ2v) is 6.53. The Morgan fingerprint density at radius 3 is 2.83 bits per heavy atom. The molecule has 1 fully saturated rings. The Morgan fingerprint density at radius 1 is 1.44 bits per heavy atom. The predicted molar refractivity (Wildman–Crippen MR) is 67.4 cm³/mol. The molecule has 100 valence electrons. The van der Waals surface area contributed by atoms with Crippen LogP contribution in [0.25, 0.3) is 0 Å². The Kier molecular flexibility index (Phi) is 3.70. The minimum absolute atomic E-state index is 0.0663. The van der Waals surface area contributed by atoms with Crippen molar-refractivity contribution >= 4 is 10.0 Å². The normalized spacial score (nSPS) is 22.1. The lowest BCUT2D eigenvalue weighted by Crippen LogP contribution is -2.51. The average molecular weight is 272 g/mol. The summed E-state index contributed by atoms with van der Waals surface area (Å²) in [6.45, 7) is 5.06. The number of hydrogen-bond donors (Lipinski definition) is 1. The van der Waals surface area contributed by atoms with Crippen LogP contribution in [-0.2, 0) is 10.0 Å². The molecule has 1 saturated heterocycles. The van der Waals surface area contributed by atoms with Gasteiger partial charge in [0.25, 0.3) is 0 Å². The highest BCUT2D eigenvalue weighted by atomic mass is 32.2. The van der Waals surface area contributed by atoms with E-state index in [2.05, 4.69) is 5.32 Å². The second-order valence-electron chi connectivity index (χ2n) is 4.63. The van der Waals surface area contributed by atoms with E-state index in [0.29, 0.717) is 25.2 Å². The molecule has 1 aromatic rings. The molecule has 0 aliphatic carbocycles. The van der Waals surface area contributed by atoms with Gasteiger partial charge in [0.05, 0.1) is 4.90 Å². The van der Waals surface area contributed by atoms with Crippen molar-refractivity contribution < 1.29 is 12.8 Å². The SMILES string of the molecule is Cc1ccc(F)cc1S(=O)(=O)N1CCN[C@H](C)C1. The van der Waals surface area contributed by atoms with Gasteiger partial charge in [-0.15, -0.1) is 0 Å². The highest BCUT2D eigenvalue weighted by molar-refractivity contribution is 7.89. The number of nitrogens with zero attached hydrogens (tertiary/aromatic N) is 1. The highest BCUT2D eigenvalue weighted by Gasteiger charge is 2.29. The van der Waals surface area contributed by atoms with Gasteiger partial charge in [-0.25, -0.2) is 12.8 Å². The fourth-order valence-electron chi connectivity index (χ4n) is 2.11. The number of nitrogens with one attached hydrogen (secondary N) is 1. The summed E-state index contributed by atoms with van der Waals surface area (Å²) in [5.41, 5.74) is 0.572. The fraction of sp³-hybridized carbons (Fsp3) is 0.500. The third kappa shape index (κ3) is 2.55. The molecule has 0 aromatic heterocycles. The third-order valence-electron chi connectivity index (χ3n) is 3.10. The van der Waals surface area contributed by atoms with E-state index in [0.717, 1.165) is 6.07 Å². The molecule has 1 aliphatic rings. The summed E-state index contributed by atoms with van der Waals surface area (Å²) < 4.78 is 39.5. The van der Waals surface area contributed by atoms with Crippen molar-refractivity contribution in [2.75, 3.05) is 19.6 Å². The van der Waals surface area contributed by atoms with E-state index in [1.54, 1.807) is 6.92 Å². The minimum Gasteiger partial charge on any atom is -0.312 e. The molecule has 1 aromatic carbocycles. The van der Waals surface area contributed by atoms with E-state index in [1.807, 2.05) is 6.92 Å². The summed E-state index contributed by atoms with van der Waals surface area (Å²) in [4.78, 5) is 0.0663. The van der Waals surface area contributed by atoms with Crippen molar-refractivity contribution in [2.45, 2.75) is 24.8 Å². The maximum absolute atomic E-state index is 13.2. The van der Waals surface area contributed by atoms with Gasteiger partial charge in [0.15, 0.2) is 0 Å². The van der Waals surface area contributed by atoms with E-state index >= 15 is 0 Å². The zero-order valence-corrected chi connectivity index (χ0v) is 11.3. The Hall–Kier alpha value is -0.980. The number of hydrogen-bond acceptors (Lipinski definition) is 3. The monoisotopic (exact) mass is 272 g/mol. The maximum Gasteiger partial charge on any atom is 0.243 e. The summed E-state index contributed by atoms with van der Waals surface area (Å²) in [6.07, 6.45) is 0. The first-order chi connectivity index (χ1) is 8.41. The van der Waals surface area contributed by atoms with Crippen LogP contribution in [0.1, 0.15) is 12.5 Å². The van der Waals surface area contributed by atoms with E-state index < -0.39 is 15.8 Å². The number of rotatable bonds is 2. The highest BCUT2D eigenvalue weighted by Crippen LogP contribution is 2.21. The first-order valence-electron chi connectivity index (χ1n) is 5.91. The molecule has 0 saturated carbocycles. The van der Waals surface area contributed by atoms with E-state index in [1.165, 1.54) is 16.4 Å². The second kappa shape index (κ2) is 4.95. The smallest absolute Gasteiger partial charge is 0.243 e. The Morgan fingerprint density at radius 2 is 2.17 bits per heavy atom. The van der Waals surface area contributed by atoms with Gasteiger partial charge in [0.2, 0.25) is 10.0 Å². The van der Waals surface area contributed by atoms with Crippen LogP contribution in [0, 0.1) is 12.7 Å². The molecule has 6 heteroatoms. The van der Waals surface area contributed by atoms with Crippen LogP contribution in [0.3, 0.4) is 0 Å². The molecule has 2 rings (SSSR count). The predicted octanol–water partition coefficient (Wildman–Crippen LogP) is 1.12. The average Bonchev–Trinajstić information content (AvgIpc) is 2.32. The lowest BCUT2D eigenvalue weighted by atomic mass is 10.2. The quantitative estimate of drug-likeness (QED) is 0.877. The van der Waals surface area contributed by atoms with Crippen molar-refractivity contribution in [2.24, 2.45) is 0 Å². The summed E-state index contributed by atoms with van der Waals surface area (Å²) in [5, 5.41) is 3.18. The summed E-state index contributed by atoms with van der Waals surface area (Å²) in [6, 6.07) is 3.97. The fourth-order valence-corrected chi connectivity index (χ4v) is 3.87. The van der Waals surface area contributed by atoms with Crippen LogP contribution in [0.2, 0.25) is 0 Å². The van der Waals surface area contributed by atoms with Gasteiger partial charge in [-0.3, -0.25) is 0 Å². The van der Waals surface area contributed by atoms with E-state index in [-0.39, 0.29) is 10.9 Å². The summed E-state index contributed by atoms with van der Waals surface area (Å²) in [7, 11) is -3.59. The molecular weight excluding hydrogens is 255 g/mol. The van der Waals surface area contributed by atoms with Crippen molar-refractivity contribution in [1.29, 1.82) is 0 Å². The number of halogens is 1. The number of piperazine rings is 1. The molecule has 1 atom stereocenters. The van der Waals surface area contributed by atoms with Crippen LogP contribution >= 0.6 is 0 Å². The summed E-state index contributed by atoms with van der Waals surface area (Å²) >= 11 is 0. The number of sulfonamides is 1. The number of benzene rings is 1. The first kappa shape index (κ1) is 13.5. The Bertz CT molecular complexity index is 545. The van der Waals surface area contributed by atoms with Gasteiger partial charge in [0, 0.05) is 25.7 Å². The molecule has 1 N–H and O–H groups in total. The Balaban J connectivity index is 2.38. The zero-order valence-electron chi connectivity index (χ0n) is 10.5. The molecule has 0 radical (unpaired) electrons. The molecule has 0 amide bonds. The Labute approximate surface area is 107 Å². The van der Waals surface area contributed by atoms with Crippen LogP contribution < -0.4 is 5.32 Å². The van der Waals surface area contributed by atoms with E-state index in [9.17, 15) is 12.8 Å². The molecule has 1 aliphatic heterocycles. The first-order valence-corrected chi connectivity index (χ1v) is 7.35. The van der Waals surface area contributed by atoms with Crippen LogP contribution in [0.4, 0.5) is 4.39 Å². The van der Waals surface area contributed by atoms with Gasteiger partial charge >= 0.3 is 0 Å². The van der Waals surface area contributed by atoms with E-state index in [4.69, 9.17) is 0 Å². The lowest BCUT2D eigenvalue weighted by Gasteiger charge is -2.31. The largest absolute Gasteiger partial charge is 0.312 e. The van der Waals surface area contributed by atoms with Crippen molar-refractivity contribution in [1.82, 2.24) is 9.62 Å². The van der Waals surface area contributed by atoms with Crippen LogP contribution in [-0.4, -0.2) is 38.4 Å². The number of aryl methyl sites for hydroxylation is 1. The van der Waals surface area contributed by atoms with Crippen LogP contribution in [0.5, 0.6) is 0 Å². The molecule has 18 heavy (non-hydrogen) atoms. The van der Waals surface area contributed by atoms with Gasteiger partial charge < -0.3 is 5.32 Å². The third-order valence-corrected chi connectivity index (χ3v) is 5.11. The zero-order chi connectivity index (χ0) is 13.3. The molecular formula is C12H17FN2O2S. The van der Waals surface area contributed by atoms with Gasteiger partial charge in [-0.05, 0) is 31.5 Å². The molecule has 4 nitrogen and oxygen atoms in total.